The van der Waals surface area contributed by atoms with Crippen molar-refractivity contribution >= 4 is 0 Å². The molecule has 0 aliphatic carbocycles. The highest BCUT2D eigenvalue weighted by molar-refractivity contribution is 5.35. The summed E-state index contributed by atoms with van der Waals surface area (Å²) in [5.74, 6) is 0.210. The summed E-state index contributed by atoms with van der Waals surface area (Å²) in [6.07, 6.45) is 5.84. The molecule has 1 atom stereocenters. The topological polar surface area (TPSA) is 43.0 Å². The first kappa shape index (κ1) is 28.4. The number of rotatable bonds is 15. The van der Waals surface area contributed by atoms with Crippen LogP contribution in [-0.4, -0.2) is 57.5 Å². The van der Waals surface area contributed by atoms with Gasteiger partial charge in [-0.2, -0.15) is 0 Å². The van der Waals surface area contributed by atoms with Gasteiger partial charge in [0.05, 0.1) is 19.3 Å². The summed E-state index contributed by atoms with van der Waals surface area (Å²) in [5.41, 5.74) is 2.09. The van der Waals surface area contributed by atoms with Crippen LogP contribution < -0.4 is 5.32 Å². The summed E-state index contributed by atoms with van der Waals surface area (Å²) in [6.45, 7) is 22.7. The number of nitrogens with zero attached hydrogens (tertiary/aromatic N) is 1. The summed E-state index contributed by atoms with van der Waals surface area (Å²) in [6, 6.07) is 0. The van der Waals surface area contributed by atoms with Crippen LogP contribution in [0.2, 0.25) is 0 Å². The van der Waals surface area contributed by atoms with Gasteiger partial charge in [0.2, 0.25) is 0 Å². The maximum Gasteiger partial charge on any atom is 0.135 e. The van der Waals surface area contributed by atoms with E-state index in [1.807, 2.05) is 6.92 Å². The second-order valence-corrected chi connectivity index (χ2v) is 9.33. The Morgan fingerprint density at radius 1 is 1.22 bits per heavy atom. The van der Waals surface area contributed by atoms with Gasteiger partial charge in [0.1, 0.15) is 17.3 Å². The molecule has 1 aliphatic rings. The smallest absolute Gasteiger partial charge is 0.135 e. The summed E-state index contributed by atoms with van der Waals surface area (Å²) in [7, 11) is 1.80. The van der Waals surface area contributed by atoms with Gasteiger partial charge in [-0.15, -0.1) is 0 Å². The third-order valence-electron chi connectivity index (χ3n) is 5.98. The van der Waals surface area contributed by atoms with Gasteiger partial charge in [0, 0.05) is 37.9 Å². The van der Waals surface area contributed by atoms with Crippen molar-refractivity contribution in [2.45, 2.75) is 66.4 Å². The van der Waals surface area contributed by atoms with Crippen molar-refractivity contribution in [2.24, 2.45) is 5.41 Å². The van der Waals surface area contributed by atoms with E-state index in [0.29, 0.717) is 30.8 Å². The normalized spacial score (nSPS) is 19.0. The van der Waals surface area contributed by atoms with E-state index in [0.717, 1.165) is 30.8 Å². The number of piperidine rings is 1. The van der Waals surface area contributed by atoms with Crippen LogP contribution in [0.25, 0.3) is 0 Å². The summed E-state index contributed by atoms with van der Waals surface area (Å²) in [4.78, 5) is 2.54. The van der Waals surface area contributed by atoms with Crippen molar-refractivity contribution < 1.29 is 18.6 Å². The molecule has 0 radical (unpaired) electrons. The number of allylic oxidation sites excluding steroid dienone is 4. The molecule has 1 aliphatic heterocycles. The van der Waals surface area contributed by atoms with Crippen LogP contribution in [0.5, 0.6) is 0 Å². The van der Waals surface area contributed by atoms with Gasteiger partial charge in [-0.1, -0.05) is 27.0 Å². The van der Waals surface area contributed by atoms with E-state index in [-0.39, 0.29) is 17.7 Å². The molecule has 0 aromatic heterocycles. The third kappa shape index (κ3) is 10.8. The Kier molecular flexibility index (Phi) is 12.9. The monoisotopic (exact) mass is 452 g/mol. The summed E-state index contributed by atoms with van der Waals surface area (Å²) < 4.78 is 30.7. The molecule has 1 heterocycles. The van der Waals surface area contributed by atoms with E-state index in [1.54, 1.807) is 20.0 Å². The van der Waals surface area contributed by atoms with Crippen molar-refractivity contribution in [2.75, 3.05) is 46.5 Å². The Morgan fingerprint density at radius 2 is 1.88 bits per heavy atom. The molecule has 1 rings (SSSR count). The highest BCUT2D eigenvalue weighted by atomic mass is 19.1. The van der Waals surface area contributed by atoms with E-state index in [1.165, 1.54) is 32.9 Å². The van der Waals surface area contributed by atoms with Crippen LogP contribution >= 0.6 is 0 Å². The fourth-order valence-electron chi connectivity index (χ4n) is 3.55. The molecular formula is C26H45FN2O3. The predicted molar refractivity (Wildman–Crippen MR) is 131 cm³/mol. The number of hydrogen-bond donors (Lipinski definition) is 1. The standard InChI is InChI=1S/C26H45FN2O3/c1-9-25(28-8)24(23(5)32-22(4)21(3)27)11-18-31-20(2)19-30-17-10-14-29-15-12-26(6,7)13-16-29/h9,20,28H,1,5,10-19H2,2-4,6-8H3/b22-21-,25-24-. The Balaban J connectivity index is 2.33. The molecule has 184 valence electrons. The Labute approximate surface area is 195 Å². The minimum Gasteiger partial charge on any atom is -0.460 e. The maximum atomic E-state index is 13.4. The van der Waals surface area contributed by atoms with Gasteiger partial charge >= 0.3 is 0 Å². The fourth-order valence-corrected chi connectivity index (χ4v) is 3.55. The minimum atomic E-state index is -0.374. The SMILES string of the molecule is C=C/C(NC)=C(\CCOC(C)COCCCN1CCC(C)(C)CC1)C(=C)O/C(C)=C(/C)F. The van der Waals surface area contributed by atoms with Crippen molar-refractivity contribution in [3.8, 4) is 0 Å². The highest BCUT2D eigenvalue weighted by Gasteiger charge is 2.24. The van der Waals surface area contributed by atoms with Crippen molar-refractivity contribution in [1.29, 1.82) is 0 Å². The van der Waals surface area contributed by atoms with E-state index in [2.05, 4.69) is 37.2 Å². The number of likely N-dealkylation sites (tertiary alicyclic amines) is 1. The van der Waals surface area contributed by atoms with Crippen LogP contribution in [0.15, 0.2) is 47.8 Å². The van der Waals surface area contributed by atoms with Gasteiger partial charge in [-0.3, -0.25) is 0 Å². The second-order valence-electron chi connectivity index (χ2n) is 9.33. The molecule has 0 spiro atoms. The van der Waals surface area contributed by atoms with Crippen LogP contribution in [0.1, 0.15) is 60.3 Å². The number of halogens is 1. The predicted octanol–water partition coefficient (Wildman–Crippen LogP) is 5.72. The first-order chi connectivity index (χ1) is 15.1. The van der Waals surface area contributed by atoms with Crippen molar-refractivity contribution in [1.82, 2.24) is 10.2 Å². The first-order valence-electron chi connectivity index (χ1n) is 11.7. The van der Waals surface area contributed by atoms with Gasteiger partial charge in [-0.05, 0) is 64.6 Å². The van der Waals surface area contributed by atoms with E-state index < -0.39 is 0 Å². The molecule has 1 fully saturated rings. The number of ether oxygens (including phenoxy) is 3. The van der Waals surface area contributed by atoms with Crippen molar-refractivity contribution in [3.63, 3.8) is 0 Å². The zero-order valence-electron chi connectivity index (χ0n) is 21.2. The largest absolute Gasteiger partial charge is 0.460 e. The van der Waals surface area contributed by atoms with Crippen LogP contribution in [0.3, 0.4) is 0 Å². The van der Waals surface area contributed by atoms with E-state index >= 15 is 0 Å². The summed E-state index contributed by atoms with van der Waals surface area (Å²) in [5, 5.41) is 3.08. The lowest BCUT2D eigenvalue weighted by Gasteiger charge is -2.36. The molecule has 5 nitrogen and oxygen atoms in total. The van der Waals surface area contributed by atoms with E-state index in [9.17, 15) is 4.39 Å². The lowest BCUT2D eigenvalue weighted by molar-refractivity contribution is -0.00820. The Hall–Kier alpha value is -1.63. The minimum absolute atomic E-state index is 0.0160. The lowest BCUT2D eigenvalue weighted by atomic mass is 9.83. The van der Waals surface area contributed by atoms with Gasteiger partial charge in [0.25, 0.3) is 0 Å². The van der Waals surface area contributed by atoms with Gasteiger partial charge < -0.3 is 24.4 Å². The molecular weight excluding hydrogens is 407 g/mol. The molecule has 32 heavy (non-hydrogen) atoms. The molecule has 0 amide bonds. The molecule has 6 heteroatoms. The zero-order valence-corrected chi connectivity index (χ0v) is 21.2. The molecule has 0 aromatic carbocycles. The number of likely N-dealkylation sites (N-methyl/N-ethyl adjacent to an activating group) is 1. The second kappa shape index (κ2) is 14.5. The third-order valence-corrected chi connectivity index (χ3v) is 5.98. The maximum absolute atomic E-state index is 13.4. The van der Waals surface area contributed by atoms with Crippen LogP contribution in [-0.2, 0) is 14.2 Å². The van der Waals surface area contributed by atoms with Crippen molar-refractivity contribution in [3.05, 3.63) is 47.8 Å². The van der Waals surface area contributed by atoms with E-state index in [4.69, 9.17) is 14.2 Å². The quantitative estimate of drug-likeness (QED) is 0.195. The number of nitrogens with one attached hydrogen (secondary N) is 1. The first-order valence-corrected chi connectivity index (χ1v) is 11.7. The molecule has 1 unspecified atom stereocenters. The van der Waals surface area contributed by atoms with Crippen LogP contribution in [0, 0.1) is 5.41 Å². The van der Waals surface area contributed by atoms with Crippen LogP contribution in [0.4, 0.5) is 4.39 Å². The average Bonchev–Trinajstić information content (AvgIpc) is 2.74. The fraction of sp³-hybridized carbons (Fsp3) is 0.692. The van der Waals surface area contributed by atoms with Gasteiger partial charge in [0.15, 0.2) is 0 Å². The zero-order chi connectivity index (χ0) is 24.1. The highest BCUT2D eigenvalue weighted by Crippen LogP contribution is 2.29. The molecule has 1 N–H and O–H groups in total. The number of hydrogen-bond acceptors (Lipinski definition) is 5. The lowest BCUT2D eigenvalue weighted by Crippen LogP contribution is -2.38. The molecule has 0 bridgehead atoms. The summed E-state index contributed by atoms with van der Waals surface area (Å²) >= 11 is 0. The Bertz CT molecular complexity index is 656. The van der Waals surface area contributed by atoms with Gasteiger partial charge in [-0.25, -0.2) is 4.39 Å². The average molecular weight is 453 g/mol. The molecule has 0 aromatic rings. The molecule has 1 saturated heterocycles. The molecule has 0 saturated carbocycles. The Morgan fingerprint density at radius 3 is 2.44 bits per heavy atom.